The first-order valence-electron chi connectivity index (χ1n) is 9.18. The van der Waals surface area contributed by atoms with Crippen LogP contribution in [0.25, 0.3) is 10.9 Å². The quantitative estimate of drug-likeness (QED) is 0.839. The third-order valence-electron chi connectivity index (χ3n) is 5.00. The number of carbonyl (C=O) groups is 1. The van der Waals surface area contributed by atoms with Gasteiger partial charge in [-0.3, -0.25) is 4.79 Å². The fraction of sp³-hybridized carbons (Fsp3) is 0.500. The van der Waals surface area contributed by atoms with E-state index in [1.165, 1.54) is 0 Å². The number of ether oxygens (including phenoxy) is 2. The predicted octanol–water partition coefficient (Wildman–Crippen LogP) is 3.04. The van der Waals surface area contributed by atoms with Gasteiger partial charge in [0.15, 0.2) is 0 Å². The molecule has 0 radical (unpaired) electrons. The normalized spacial score (nSPS) is 23.2. The van der Waals surface area contributed by atoms with Crippen LogP contribution in [0.4, 0.5) is 0 Å². The molecule has 5 nitrogen and oxygen atoms in total. The Labute approximate surface area is 147 Å². The molecule has 1 aromatic heterocycles. The van der Waals surface area contributed by atoms with E-state index in [1.807, 2.05) is 41.3 Å². The molecule has 2 fully saturated rings. The molecule has 2 aliphatic rings. The highest BCUT2D eigenvalue weighted by Crippen LogP contribution is 2.19. The Kier molecular flexibility index (Phi) is 4.95. The maximum absolute atomic E-state index is 13.1. The summed E-state index contributed by atoms with van der Waals surface area (Å²) in [4.78, 5) is 19.6. The van der Waals surface area contributed by atoms with Gasteiger partial charge in [-0.1, -0.05) is 24.3 Å². The van der Waals surface area contributed by atoms with Crippen LogP contribution in [-0.2, 0) is 9.47 Å². The minimum Gasteiger partial charge on any atom is -0.376 e. The lowest BCUT2D eigenvalue weighted by Gasteiger charge is -2.27. The monoisotopic (exact) mass is 340 g/mol. The van der Waals surface area contributed by atoms with Gasteiger partial charge in [-0.05, 0) is 37.8 Å². The maximum Gasteiger partial charge on any atom is 0.272 e. The molecule has 0 aliphatic carbocycles. The van der Waals surface area contributed by atoms with Crippen molar-refractivity contribution in [2.24, 2.45) is 0 Å². The topological polar surface area (TPSA) is 51.7 Å². The van der Waals surface area contributed by atoms with Crippen LogP contribution < -0.4 is 0 Å². The van der Waals surface area contributed by atoms with Crippen molar-refractivity contribution in [3.05, 3.63) is 42.1 Å². The Morgan fingerprint density at radius 3 is 2.32 bits per heavy atom. The summed E-state index contributed by atoms with van der Waals surface area (Å²) in [6, 6.07) is 11.7. The molecular formula is C20H24N2O3. The first-order valence-corrected chi connectivity index (χ1v) is 9.18. The number of amides is 1. The standard InChI is InChI=1S/C20H24N2O3/c23-20(19-10-9-15-5-1-2-8-18(15)21-19)22(13-16-6-3-11-24-16)14-17-7-4-12-25-17/h1-2,5,8-10,16-17H,3-4,6-7,11-14H2/t16-,17-/m1/s1. The summed E-state index contributed by atoms with van der Waals surface area (Å²) in [5.74, 6) is -0.0308. The highest BCUT2D eigenvalue weighted by Gasteiger charge is 2.28. The van der Waals surface area contributed by atoms with Gasteiger partial charge in [-0.2, -0.15) is 0 Å². The molecule has 3 heterocycles. The number of hydrogen-bond donors (Lipinski definition) is 0. The molecule has 2 aromatic rings. The van der Waals surface area contributed by atoms with E-state index in [1.54, 1.807) is 0 Å². The second kappa shape index (κ2) is 7.50. The van der Waals surface area contributed by atoms with Crippen LogP contribution in [0.15, 0.2) is 36.4 Å². The van der Waals surface area contributed by atoms with Crippen LogP contribution in [0, 0.1) is 0 Å². The number of para-hydroxylation sites is 1. The summed E-state index contributed by atoms with van der Waals surface area (Å²) >= 11 is 0. The van der Waals surface area contributed by atoms with E-state index in [2.05, 4.69) is 4.98 Å². The van der Waals surface area contributed by atoms with E-state index < -0.39 is 0 Å². The summed E-state index contributed by atoms with van der Waals surface area (Å²) in [5, 5.41) is 1.05. The van der Waals surface area contributed by atoms with Gasteiger partial charge in [0.1, 0.15) is 5.69 Å². The summed E-state index contributed by atoms with van der Waals surface area (Å²) in [6.07, 6.45) is 4.43. The number of fused-ring (bicyclic) bond motifs is 1. The molecular weight excluding hydrogens is 316 g/mol. The van der Waals surface area contributed by atoms with Crippen LogP contribution >= 0.6 is 0 Å². The number of hydrogen-bond acceptors (Lipinski definition) is 4. The predicted molar refractivity (Wildman–Crippen MR) is 95.6 cm³/mol. The molecule has 0 saturated carbocycles. The molecule has 2 atom stereocenters. The second-order valence-corrected chi connectivity index (χ2v) is 6.87. The van der Waals surface area contributed by atoms with Gasteiger partial charge in [0, 0.05) is 31.7 Å². The van der Waals surface area contributed by atoms with Crippen LogP contribution in [0.2, 0.25) is 0 Å². The highest BCUT2D eigenvalue weighted by atomic mass is 16.5. The minimum atomic E-state index is -0.0308. The zero-order valence-electron chi connectivity index (χ0n) is 14.4. The zero-order chi connectivity index (χ0) is 17.1. The largest absolute Gasteiger partial charge is 0.376 e. The molecule has 2 saturated heterocycles. The Morgan fingerprint density at radius 2 is 1.68 bits per heavy atom. The van der Waals surface area contributed by atoms with Crippen molar-refractivity contribution >= 4 is 16.8 Å². The molecule has 0 spiro atoms. The molecule has 132 valence electrons. The van der Waals surface area contributed by atoms with Crippen LogP contribution in [-0.4, -0.2) is 54.3 Å². The van der Waals surface area contributed by atoms with Gasteiger partial charge in [-0.25, -0.2) is 4.98 Å². The number of nitrogens with zero attached hydrogens (tertiary/aromatic N) is 2. The van der Waals surface area contributed by atoms with Crippen molar-refractivity contribution in [2.75, 3.05) is 26.3 Å². The average molecular weight is 340 g/mol. The Morgan fingerprint density at radius 1 is 1.00 bits per heavy atom. The Balaban J connectivity index is 1.55. The van der Waals surface area contributed by atoms with Crippen molar-refractivity contribution in [3.63, 3.8) is 0 Å². The van der Waals surface area contributed by atoms with Gasteiger partial charge in [0.25, 0.3) is 5.91 Å². The smallest absolute Gasteiger partial charge is 0.272 e. The van der Waals surface area contributed by atoms with Crippen molar-refractivity contribution in [2.45, 2.75) is 37.9 Å². The highest BCUT2D eigenvalue weighted by molar-refractivity contribution is 5.95. The van der Waals surface area contributed by atoms with Crippen molar-refractivity contribution in [1.82, 2.24) is 9.88 Å². The molecule has 1 aromatic carbocycles. The fourth-order valence-corrected chi connectivity index (χ4v) is 3.66. The van der Waals surface area contributed by atoms with E-state index in [0.717, 1.165) is 49.8 Å². The fourth-order valence-electron chi connectivity index (χ4n) is 3.66. The first kappa shape index (κ1) is 16.5. The minimum absolute atomic E-state index is 0.0308. The number of rotatable bonds is 5. The summed E-state index contributed by atoms with van der Waals surface area (Å²) in [6.45, 7) is 2.82. The first-order chi connectivity index (χ1) is 12.3. The molecule has 4 rings (SSSR count). The second-order valence-electron chi connectivity index (χ2n) is 6.87. The number of carbonyl (C=O) groups excluding carboxylic acids is 1. The number of aromatic nitrogens is 1. The maximum atomic E-state index is 13.1. The van der Waals surface area contributed by atoms with Crippen molar-refractivity contribution in [3.8, 4) is 0 Å². The molecule has 0 N–H and O–H groups in total. The summed E-state index contributed by atoms with van der Waals surface area (Å²) < 4.78 is 11.5. The van der Waals surface area contributed by atoms with Gasteiger partial charge in [-0.15, -0.1) is 0 Å². The number of pyridine rings is 1. The molecule has 25 heavy (non-hydrogen) atoms. The van der Waals surface area contributed by atoms with Crippen LogP contribution in [0.3, 0.4) is 0 Å². The molecule has 2 aliphatic heterocycles. The van der Waals surface area contributed by atoms with Crippen LogP contribution in [0.1, 0.15) is 36.2 Å². The summed E-state index contributed by atoms with van der Waals surface area (Å²) in [5.41, 5.74) is 1.34. The Hall–Kier alpha value is -1.98. The van der Waals surface area contributed by atoms with Crippen molar-refractivity contribution in [1.29, 1.82) is 0 Å². The zero-order valence-corrected chi connectivity index (χ0v) is 14.4. The molecule has 0 bridgehead atoms. The number of benzene rings is 1. The van der Waals surface area contributed by atoms with E-state index in [9.17, 15) is 4.79 Å². The van der Waals surface area contributed by atoms with Gasteiger partial charge >= 0.3 is 0 Å². The van der Waals surface area contributed by atoms with E-state index >= 15 is 0 Å². The Bertz CT molecular complexity index is 719. The lowest BCUT2D eigenvalue weighted by atomic mass is 10.1. The lowest BCUT2D eigenvalue weighted by molar-refractivity contribution is 0.0304. The molecule has 1 amide bonds. The van der Waals surface area contributed by atoms with E-state index in [0.29, 0.717) is 18.8 Å². The van der Waals surface area contributed by atoms with Gasteiger partial charge in [0.2, 0.25) is 0 Å². The molecule has 0 unspecified atom stereocenters. The lowest BCUT2D eigenvalue weighted by Crippen LogP contribution is -2.42. The van der Waals surface area contributed by atoms with Crippen molar-refractivity contribution < 1.29 is 14.3 Å². The van der Waals surface area contributed by atoms with E-state index in [4.69, 9.17) is 9.47 Å². The van der Waals surface area contributed by atoms with Gasteiger partial charge in [0.05, 0.1) is 17.7 Å². The third kappa shape index (κ3) is 3.83. The van der Waals surface area contributed by atoms with E-state index in [-0.39, 0.29) is 18.1 Å². The third-order valence-corrected chi connectivity index (χ3v) is 5.00. The summed E-state index contributed by atoms with van der Waals surface area (Å²) in [7, 11) is 0. The average Bonchev–Trinajstić information content (AvgIpc) is 3.34. The van der Waals surface area contributed by atoms with Gasteiger partial charge < -0.3 is 14.4 Å². The molecule has 5 heteroatoms. The van der Waals surface area contributed by atoms with Crippen LogP contribution in [0.5, 0.6) is 0 Å². The SMILES string of the molecule is O=C(c1ccc2ccccc2n1)N(C[C@H]1CCCO1)C[C@H]1CCCO1.